The zero-order valence-electron chi connectivity index (χ0n) is 18.6. The van der Waals surface area contributed by atoms with E-state index in [0.29, 0.717) is 39.1 Å². The summed E-state index contributed by atoms with van der Waals surface area (Å²) in [5.41, 5.74) is 2.95. The van der Waals surface area contributed by atoms with Crippen molar-refractivity contribution in [2.24, 2.45) is 0 Å². The van der Waals surface area contributed by atoms with Gasteiger partial charge in [0.05, 0.1) is 30.5 Å². The normalized spacial score (nSPS) is 15.8. The molecule has 1 aliphatic heterocycles. The molecule has 1 aliphatic rings. The maximum atomic E-state index is 12.7. The number of hydrogen-bond acceptors (Lipinski definition) is 5. The summed E-state index contributed by atoms with van der Waals surface area (Å²) in [6, 6.07) is 14.6. The fraction of sp³-hybridized carbons (Fsp3) is 0.333. The topological polar surface area (TPSA) is 93.5 Å². The number of amides is 1. The van der Waals surface area contributed by atoms with Gasteiger partial charge in [-0.2, -0.15) is 4.31 Å². The largest absolute Gasteiger partial charge is 0.379 e. The number of carbonyl (C=O) groups is 1. The molecule has 0 unspecified atom stereocenters. The van der Waals surface area contributed by atoms with Gasteiger partial charge < -0.3 is 14.6 Å². The third-order valence-electron chi connectivity index (χ3n) is 5.75. The highest BCUT2D eigenvalue weighted by Gasteiger charge is 2.26. The molecule has 0 spiro atoms. The summed E-state index contributed by atoms with van der Waals surface area (Å²) in [4.78, 5) is 16.8. The molecule has 2 heterocycles. The predicted molar refractivity (Wildman–Crippen MR) is 124 cm³/mol. The van der Waals surface area contributed by atoms with Gasteiger partial charge in [-0.05, 0) is 48.7 Å². The molecular weight excluding hydrogens is 440 g/mol. The third-order valence-corrected chi connectivity index (χ3v) is 7.66. The van der Waals surface area contributed by atoms with E-state index in [0.717, 1.165) is 16.8 Å². The first-order valence-electron chi connectivity index (χ1n) is 11.0. The minimum Gasteiger partial charge on any atom is -0.379 e. The molecule has 4 rings (SSSR count). The van der Waals surface area contributed by atoms with Gasteiger partial charge >= 0.3 is 0 Å². The Balaban J connectivity index is 1.28. The van der Waals surface area contributed by atoms with Crippen molar-refractivity contribution in [3.05, 3.63) is 78.4 Å². The fourth-order valence-electron chi connectivity index (χ4n) is 3.77. The van der Waals surface area contributed by atoms with Crippen molar-refractivity contribution in [3.8, 4) is 5.69 Å². The summed E-state index contributed by atoms with van der Waals surface area (Å²) in [6.07, 6.45) is 6.21. The van der Waals surface area contributed by atoms with E-state index in [9.17, 15) is 13.2 Å². The number of morpholine rings is 1. The number of nitrogens with one attached hydrogen (secondary N) is 1. The van der Waals surface area contributed by atoms with Crippen LogP contribution in [0.1, 0.15) is 30.5 Å². The molecule has 0 aliphatic carbocycles. The predicted octanol–water partition coefficient (Wildman–Crippen LogP) is 2.70. The van der Waals surface area contributed by atoms with Crippen LogP contribution in [0.5, 0.6) is 0 Å². The number of sulfonamides is 1. The maximum Gasteiger partial charge on any atom is 0.243 e. The molecule has 0 bridgehead atoms. The summed E-state index contributed by atoms with van der Waals surface area (Å²) < 4.78 is 34.0. The molecule has 1 fully saturated rings. The van der Waals surface area contributed by atoms with Crippen LogP contribution in [0.2, 0.25) is 0 Å². The minimum absolute atomic E-state index is 0.0498. The van der Waals surface area contributed by atoms with Crippen LogP contribution in [0.4, 0.5) is 0 Å². The van der Waals surface area contributed by atoms with Gasteiger partial charge in [-0.1, -0.05) is 24.3 Å². The highest BCUT2D eigenvalue weighted by Crippen LogP contribution is 2.19. The van der Waals surface area contributed by atoms with Crippen molar-refractivity contribution in [3.63, 3.8) is 0 Å². The molecule has 9 heteroatoms. The maximum absolute atomic E-state index is 12.7. The molecule has 8 nitrogen and oxygen atoms in total. The van der Waals surface area contributed by atoms with Crippen LogP contribution >= 0.6 is 0 Å². The van der Waals surface area contributed by atoms with E-state index >= 15 is 0 Å². The van der Waals surface area contributed by atoms with Crippen LogP contribution < -0.4 is 5.32 Å². The Bertz CT molecular complexity index is 1150. The molecule has 1 N–H and O–H groups in total. The van der Waals surface area contributed by atoms with Gasteiger partial charge in [0.25, 0.3) is 0 Å². The molecule has 174 valence electrons. The molecule has 0 saturated carbocycles. The van der Waals surface area contributed by atoms with Crippen molar-refractivity contribution >= 4 is 15.9 Å². The van der Waals surface area contributed by atoms with Crippen molar-refractivity contribution in [1.82, 2.24) is 19.2 Å². The molecule has 1 atom stereocenters. The quantitative estimate of drug-likeness (QED) is 0.549. The van der Waals surface area contributed by atoms with E-state index in [2.05, 4.69) is 10.3 Å². The number of ether oxygens (including phenoxy) is 1. The first kappa shape index (κ1) is 23.2. The summed E-state index contributed by atoms with van der Waals surface area (Å²) in [7, 11) is -3.51. The standard InChI is InChI=1S/C24H28N4O4S/c1-19(21-5-7-22(8-6-21)27-13-12-25-18-27)26-24(29)11-4-20-2-9-23(10-3-20)33(30,31)28-14-16-32-17-15-28/h2-3,5-10,12-13,18-19H,4,11,14-17H2,1H3,(H,26,29)/t19-/m1/s1. The van der Waals surface area contributed by atoms with Gasteiger partial charge in [-0.25, -0.2) is 13.4 Å². The van der Waals surface area contributed by atoms with Crippen LogP contribution in [0.3, 0.4) is 0 Å². The molecule has 1 saturated heterocycles. The zero-order chi connectivity index (χ0) is 23.3. The minimum atomic E-state index is -3.51. The summed E-state index contributed by atoms with van der Waals surface area (Å²) in [5.74, 6) is -0.0498. The average molecular weight is 469 g/mol. The van der Waals surface area contributed by atoms with E-state index in [1.807, 2.05) is 42.0 Å². The van der Waals surface area contributed by atoms with Crippen LogP contribution in [0.25, 0.3) is 5.69 Å². The van der Waals surface area contributed by atoms with Crippen molar-refractivity contribution in [2.45, 2.75) is 30.7 Å². The number of imidazole rings is 1. The first-order chi connectivity index (χ1) is 15.9. The fourth-order valence-corrected chi connectivity index (χ4v) is 5.17. The van der Waals surface area contributed by atoms with E-state index in [-0.39, 0.29) is 16.8 Å². The second-order valence-electron chi connectivity index (χ2n) is 8.01. The number of nitrogens with zero attached hydrogens (tertiary/aromatic N) is 3. The van der Waals surface area contributed by atoms with Crippen molar-refractivity contribution < 1.29 is 17.9 Å². The monoisotopic (exact) mass is 468 g/mol. The number of rotatable bonds is 8. The first-order valence-corrected chi connectivity index (χ1v) is 12.4. The molecule has 1 amide bonds. The lowest BCUT2D eigenvalue weighted by molar-refractivity contribution is -0.121. The molecule has 1 aromatic heterocycles. The Morgan fingerprint density at radius 1 is 1.09 bits per heavy atom. The lowest BCUT2D eigenvalue weighted by atomic mass is 10.1. The summed E-state index contributed by atoms with van der Waals surface area (Å²) >= 11 is 0. The van der Waals surface area contributed by atoms with Crippen molar-refractivity contribution in [2.75, 3.05) is 26.3 Å². The lowest BCUT2D eigenvalue weighted by Gasteiger charge is -2.26. The summed E-state index contributed by atoms with van der Waals surface area (Å²) in [5, 5.41) is 3.03. The Morgan fingerprint density at radius 3 is 2.42 bits per heavy atom. The van der Waals surface area contributed by atoms with Gasteiger partial charge in [0.2, 0.25) is 15.9 Å². The van der Waals surface area contributed by atoms with Gasteiger partial charge in [-0.3, -0.25) is 4.79 Å². The number of hydrogen-bond donors (Lipinski definition) is 1. The second kappa shape index (κ2) is 10.3. The Kier molecular flexibility index (Phi) is 7.22. The van der Waals surface area contributed by atoms with Gasteiger partial charge in [0.15, 0.2) is 0 Å². The van der Waals surface area contributed by atoms with Crippen LogP contribution in [-0.4, -0.2) is 54.5 Å². The van der Waals surface area contributed by atoms with Gasteiger partial charge in [0, 0.05) is 37.6 Å². The van der Waals surface area contributed by atoms with E-state index in [1.54, 1.807) is 36.8 Å². The number of benzene rings is 2. The van der Waals surface area contributed by atoms with Gasteiger partial charge in [0.1, 0.15) is 0 Å². The Labute approximate surface area is 194 Å². The third kappa shape index (κ3) is 5.68. The molecular formula is C24H28N4O4S. The van der Waals surface area contributed by atoms with E-state index < -0.39 is 10.0 Å². The molecule has 2 aromatic carbocycles. The highest BCUT2D eigenvalue weighted by atomic mass is 32.2. The highest BCUT2D eigenvalue weighted by molar-refractivity contribution is 7.89. The number of aryl methyl sites for hydroxylation is 1. The second-order valence-corrected chi connectivity index (χ2v) is 9.95. The SMILES string of the molecule is C[C@@H](NC(=O)CCc1ccc(S(=O)(=O)N2CCOCC2)cc1)c1ccc(-n2ccnc2)cc1. The molecule has 3 aromatic rings. The van der Waals surface area contributed by atoms with Crippen LogP contribution in [0.15, 0.2) is 72.1 Å². The molecule has 0 radical (unpaired) electrons. The van der Waals surface area contributed by atoms with Gasteiger partial charge in [-0.15, -0.1) is 0 Å². The van der Waals surface area contributed by atoms with Crippen LogP contribution in [0, 0.1) is 0 Å². The average Bonchev–Trinajstić information content (AvgIpc) is 3.39. The lowest BCUT2D eigenvalue weighted by Crippen LogP contribution is -2.40. The molecule has 33 heavy (non-hydrogen) atoms. The van der Waals surface area contributed by atoms with E-state index in [4.69, 9.17) is 4.74 Å². The van der Waals surface area contributed by atoms with E-state index in [1.165, 1.54) is 4.31 Å². The Hall–Kier alpha value is -3.01. The van der Waals surface area contributed by atoms with Crippen molar-refractivity contribution in [1.29, 1.82) is 0 Å². The number of carbonyl (C=O) groups excluding carboxylic acids is 1. The Morgan fingerprint density at radius 2 is 1.79 bits per heavy atom. The zero-order valence-corrected chi connectivity index (χ0v) is 19.4. The smallest absolute Gasteiger partial charge is 0.243 e. The number of aromatic nitrogens is 2. The van der Waals surface area contributed by atoms with Crippen LogP contribution in [-0.2, 0) is 26.0 Å². The summed E-state index contributed by atoms with van der Waals surface area (Å²) in [6.45, 7) is 3.53.